The molecule has 1 unspecified atom stereocenters. The lowest BCUT2D eigenvalue weighted by molar-refractivity contribution is -0.137. The van der Waals surface area contributed by atoms with Crippen LogP contribution < -0.4 is 20.1 Å². The summed E-state index contributed by atoms with van der Waals surface area (Å²) in [6.07, 6.45) is 2.84. The van der Waals surface area contributed by atoms with Crippen LogP contribution in [0.15, 0.2) is 23.1 Å². The molecule has 0 bridgehead atoms. The molecule has 0 spiro atoms. The molecule has 11 heteroatoms. The Kier molecular flexibility index (Phi) is 6.61. The molecule has 30 heavy (non-hydrogen) atoms. The first-order chi connectivity index (χ1) is 14.3. The van der Waals surface area contributed by atoms with Crippen molar-refractivity contribution >= 4 is 27.7 Å². The number of likely N-dealkylation sites (N-methyl/N-ethyl adjacent to an activating group) is 1. The Morgan fingerprint density at radius 3 is 2.57 bits per heavy atom. The summed E-state index contributed by atoms with van der Waals surface area (Å²) in [5.74, 6) is -1.07. The van der Waals surface area contributed by atoms with Gasteiger partial charge in [0.1, 0.15) is 16.7 Å². The van der Waals surface area contributed by atoms with Crippen molar-refractivity contribution in [2.75, 3.05) is 27.2 Å². The molecule has 1 aliphatic heterocycles. The highest BCUT2D eigenvalue weighted by atomic mass is 32.2. The molecule has 1 heterocycles. The second-order valence-corrected chi connectivity index (χ2v) is 8.99. The van der Waals surface area contributed by atoms with Crippen LogP contribution in [0.3, 0.4) is 0 Å². The Bertz CT molecular complexity index is 944. The topological polar surface area (TPSA) is 134 Å². The van der Waals surface area contributed by atoms with Crippen molar-refractivity contribution in [3.05, 3.63) is 23.8 Å². The van der Waals surface area contributed by atoms with Crippen LogP contribution in [0.25, 0.3) is 0 Å². The maximum atomic E-state index is 12.6. The lowest BCUT2D eigenvalue weighted by atomic mass is 10.2. The molecular formula is C19H26N4O6S. The molecule has 1 saturated heterocycles. The van der Waals surface area contributed by atoms with Crippen LogP contribution in [0.1, 0.15) is 36.0 Å². The number of rotatable bonds is 8. The van der Waals surface area contributed by atoms with E-state index in [0.717, 1.165) is 12.8 Å². The molecule has 1 saturated carbocycles. The first-order valence-corrected chi connectivity index (χ1v) is 11.2. The van der Waals surface area contributed by atoms with Crippen LogP contribution in [-0.4, -0.2) is 70.4 Å². The summed E-state index contributed by atoms with van der Waals surface area (Å²) in [7, 11) is -0.972. The van der Waals surface area contributed by atoms with E-state index in [1.54, 1.807) is 0 Å². The molecular weight excluding hydrogens is 412 g/mol. The van der Waals surface area contributed by atoms with Crippen molar-refractivity contribution in [2.24, 2.45) is 0 Å². The summed E-state index contributed by atoms with van der Waals surface area (Å²) in [6, 6.07) is 3.43. The van der Waals surface area contributed by atoms with Gasteiger partial charge in [-0.05, 0) is 43.9 Å². The van der Waals surface area contributed by atoms with Gasteiger partial charge in [-0.3, -0.25) is 14.4 Å². The van der Waals surface area contributed by atoms with E-state index < -0.39 is 22.0 Å². The van der Waals surface area contributed by atoms with Gasteiger partial charge in [-0.15, -0.1) is 0 Å². The maximum Gasteiger partial charge on any atom is 0.251 e. The third-order valence-corrected chi connectivity index (χ3v) is 6.68. The molecule has 1 aromatic carbocycles. The third-order valence-electron chi connectivity index (χ3n) is 5.14. The van der Waals surface area contributed by atoms with Gasteiger partial charge in [0.2, 0.25) is 21.8 Å². The summed E-state index contributed by atoms with van der Waals surface area (Å²) in [4.78, 5) is 38.2. The van der Waals surface area contributed by atoms with Gasteiger partial charge in [-0.2, -0.15) is 0 Å². The zero-order chi connectivity index (χ0) is 21.9. The number of carbonyl (C=O) groups is 3. The predicted molar refractivity (Wildman–Crippen MR) is 107 cm³/mol. The Morgan fingerprint density at radius 2 is 1.93 bits per heavy atom. The fourth-order valence-corrected chi connectivity index (χ4v) is 4.88. The summed E-state index contributed by atoms with van der Waals surface area (Å²) in [5, 5.41) is 5.04. The number of hydrogen-bond acceptors (Lipinski definition) is 6. The second-order valence-electron chi connectivity index (χ2n) is 7.30. The van der Waals surface area contributed by atoms with Gasteiger partial charge in [-0.1, -0.05) is 0 Å². The fraction of sp³-hybridized carbons (Fsp3) is 0.526. The van der Waals surface area contributed by atoms with Crippen LogP contribution >= 0.6 is 0 Å². The number of methoxy groups -OCH3 is 1. The van der Waals surface area contributed by atoms with Gasteiger partial charge >= 0.3 is 0 Å². The average Bonchev–Trinajstić information content (AvgIpc) is 3.40. The zero-order valence-electron chi connectivity index (χ0n) is 16.9. The number of nitrogens with zero attached hydrogens (tertiary/aromatic N) is 1. The van der Waals surface area contributed by atoms with Gasteiger partial charge in [0.25, 0.3) is 5.91 Å². The van der Waals surface area contributed by atoms with Crippen molar-refractivity contribution in [2.45, 2.75) is 42.7 Å². The van der Waals surface area contributed by atoms with Crippen molar-refractivity contribution in [3.63, 3.8) is 0 Å². The normalized spacial score (nSPS) is 18.7. The highest BCUT2D eigenvalue weighted by Crippen LogP contribution is 2.28. The van der Waals surface area contributed by atoms with E-state index in [-0.39, 0.29) is 40.6 Å². The van der Waals surface area contributed by atoms with Gasteiger partial charge in [0.15, 0.2) is 0 Å². The molecule has 3 N–H and O–H groups in total. The highest BCUT2D eigenvalue weighted by Gasteiger charge is 2.34. The highest BCUT2D eigenvalue weighted by molar-refractivity contribution is 7.89. The number of hydrogen-bond donors (Lipinski definition) is 3. The monoisotopic (exact) mass is 438 g/mol. The first-order valence-electron chi connectivity index (χ1n) is 9.76. The Hall–Kier alpha value is -2.66. The minimum atomic E-state index is -3.83. The molecule has 164 valence electrons. The first kappa shape index (κ1) is 22.0. The molecule has 0 aromatic heterocycles. The van der Waals surface area contributed by atoms with Crippen molar-refractivity contribution in [3.8, 4) is 5.75 Å². The van der Waals surface area contributed by atoms with Crippen molar-refractivity contribution in [1.29, 1.82) is 0 Å². The van der Waals surface area contributed by atoms with Crippen LogP contribution in [0.5, 0.6) is 5.75 Å². The Morgan fingerprint density at radius 1 is 1.20 bits per heavy atom. The van der Waals surface area contributed by atoms with E-state index in [1.165, 1.54) is 37.3 Å². The number of sulfonamides is 1. The summed E-state index contributed by atoms with van der Waals surface area (Å²) in [6.45, 7) is 0.158. The van der Waals surface area contributed by atoms with Gasteiger partial charge < -0.3 is 20.3 Å². The summed E-state index contributed by atoms with van der Waals surface area (Å²) >= 11 is 0. The lowest BCUT2D eigenvalue weighted by Crippen LogP contribution is -2.48. The summed E-state index contributed by atoms with van der Waals surface area (Å²) in [5.41, 5.74) is 0.0871. The SMILES string of the molecule is CNC(=O)C1CCCN1C(=O)CNC(=O)c1ccc(OC)c(S(=O)(=O)NC2CC2)c1. The molecule has 1 atom stereocenters. The molecule has 10 nitrogen and oxygen atoms in total. The van der Waals surface area contributed by atoms with Crippen LogP contribution in [-0.2, 0) is 19.6 Å². The Labute approximate surface area is 175 Å². The van der Waals surface area contributed by atoms with E-state index in [9.17, 15) is 22.8 Å². The number of amides is 3. The predicted octanol–water partition coefficient (Wildman–Crippen LogP) is -0.397. The quantitative estimate of drug-likeness (QED) is 0.506. The molecule has 2 aliphatic rings. The van der Waals surface area contributed by atoms with Gasteiger partial charge in [0.05, 0.1) is 13.7 Å². The van der Waals surface area contributed by atoms with E-state index in [1.807, 2.05) is 0 Å². The molecule has 3 rings (SSSR count). The molecule has 3 amide bonds. The number of nitrogens with one attached hydrogen (secondary N) is 3. The largest absolute Gasteiger partial charge is 0.495 e. The van der Waals surface area contributed by atoms with Crippen molar-refractivity contribution in [1.82, 2.24) is 20.3 Å². The van der Waals surface area contributed by atoms with Crippen LogP contribution in [0.4, 0.5) is 0 Å². The Balaban J connectivity index is 1.69. The number of benzene rings is 1. The zero-order valence-corrected chi connectivity index (χ0v) is 17.8. The van der Waals surface area contributed by atoms with Crippen LogP contribution in [0, 0.1) is 0 Å². The minimum absolute atomic E-state index is 0.0871. The minimum Gasteiger partial charge on any atom is -0.495 e. The summed E-state index contributed by atoms with van der Waals surface area (Å²) < 4.78 is 32.9. The number of likely N-dealkylation sites (tertiary alicyclic amines) is 1. The number of carbonyl (C=O) groups excluding carboxylic acids is 3. The molecule has 0 radical (unpaired) electrons. The second kappa shape index (κ2) is 9.00. The van der Waals surface area contributed by atoms with E-state index in [0.29, 0.717) is 19.4 Å². The third kappa shape index (κ3) is 4.90. The molecule has 2 fully saturated rings. The fourth-order valence-electron chi connectivity index (χ4n) is 3.38. The van der Waals surface area contributed by atoms with Gasteiger partial charge in [-0.25, -0.2) is 13.1 Å². The van der Waals surface area contributed by atoms with E-state index in [2.05, 4.69) is 15.4 Å². The lowest BCUT2D eigenvalue weighted by Gasteiger charge is -2.23. The van der Waals surface area contributed by atoms with E-state index >= 15 is 0 Å². The van der Waals surface area contributed by atoms with Crippen LogP contribution in [0.2, 0.25) is 0 Å². The van der Waals surface area contributed by atoms with Crippen molar-refractivity contribution < 1.29 is 27.5 Å². The standard InChI is InChI=1S/C19H26N4O6S/c1-20-19(26)14-4-3-9-23(14)17(24)11-21-18(25)12-5-8-15(29-2)16(10-12)30(27,28)22-13-6-7-13/h5,8,10,13-14,22H,3-4,6-7,9,11H2,1-2H3,(H,20,26)(H,21,25). The average molecular weight is 439 g/mol. The molecule has 1 aliphatic carbocycles. The maximum absolute atomic E-state index is 12.6. The number of ether oxygens (including phenoxy) is 1. The smallest absolute Gasteiger partial charge is 0.251 e. The van der Waals surface area contributed by atoms with Gasteiger partial charge in [0, 0.05) is 25.2 Å². The molecule has 1 aromatic rings. The van der Waals surface area contributed by atoms with E-state index in [4.69, 9.17) is 4.74 Å².